The van der Waals surface area contributed by atoms with Crippen molar-refractivity contribution in [2.24, 2.45) is 0 Å². The highest BCUT2D eigenvalue weighted by Crippen LogP contribution is 2.31. The first kappa shape index (κ1) is 12.5. The number of H-pyrrole nitrogens is 1. The summed E-state index contributed by atoms with van der Waals surface area (Å²) in [4.78, 5) is 11.0. The molecular formula is C13H9F3N4. The van der Waals surface area contributed by atoms with E-state index in [0.29, 0.717) is 28.2 Å². The molecule has 3 rings (SSSR count). The fourth-order valence-electron chi connectivity index (χ4n) is 1.92. The summed E-state index contributed by atoms with van der Waals surface area (Å²) in [6, 6.07) is 6.66. The van der Waals surface area contributed by atoms with Crippen molar-refractivity contribution in [3.8, 4) is 11.4 Å². The van der Waals surface area contributed by atoms with Crippen LogP contribution in [0, 0.1) is 0 Å². The van der Waals surface area contributed by atoms with Gasteiger partial charge >= 0.3 is 6.18 Å². The Balaban J connectivity index is 2.11. The quantitative estimate of drug-likeness (QED) is 0.718. The molecule has 0 radical (unpaired) electrons. The molecule has 0 bridgehead atoms. The molecule has 0 saturated carbocycles. The molecular weight excluding hydrogens is 269 g/mol. The highest BCUT2D eigenvalue weighted by Gasteiger charge is 2.30. The van der Waals surface area contributed by atoms with Crippen molar-refractivity contribution in [2.45, 2.75) is 6.18 Å². The standard InChI is InChI=1S/C13H9F3N4/c14-13(15,16)8-1-2-9-10(6-8)20-12(19-9)7-3-4-18-11(17)5-7/h1-6H,(H2,17,18)(H,19,20). The first-order valence-electron chi connectivity index (χ1n) is 5.72. The number of rotatable bonds is 1. The summed E-state index contributed by atoms with van der Waals surface area (Å²) >= 11 is 0. The lowest BCUT2D eigenvalue weighted by molar-refractivity contribution is -0.137. The molecule has 20 heavy (non-hydrogen) atoms. The van der Waals surface area contributed by atoms with Gasteiger partial charge in [0.1, 0.15) is 11.6 Å². The number of nitrogens with two attached hydrogens (primary N) is 1. The Labute approximate surface area is 111 Å². The predicted molar refractivity (Wildman–Crippen MR) is 68.7 cm³/mol. The molecule has 7 heteroatoms. The zero-order valence-corrected chi connectivity index (χ0v) is 10.1. The lowest BCUT2D eigenvalue weighted by Crippen LogP contribution is -2.04. The molecule has 0 fully saturated rings. The molecule has 0 aliphatic rings. The summed E-state index contributed by atoms with van der Waals surface area (Å²) in [6.07, 6.45) is -2.86. The minimum atomic E-state index is -4.37. The highest BCUT2D eigenvalue weighted by atomic mass is 19.4. The van der Waals surface area contributed by atoms with Gasteiger partial charge in [-0.1, -0.05) is 0 Å². The molecule has 0 atom stereocenters. The molecule has 3 aromatic rings. The number of benzene rings is 1. The first-order valence-corrected chi connectivity index (χ1v) is 5.72. The van der Waals surface area contributed by atoms with Gasteiger partial charge in [-0.25, -0.2) is 9.97 Å². The fraction of sp³-hybridized carbons (Fsp3) is 0.0769. The largest absolute Gasteiger partial charge is 0.416 e. The van der Waals surface area contributed by atoms with E-state index in [4.69, 9.17) is 5.73 Å². The number of aromatic amines is 1. The van der Waals surface area contributed by atoms with Gasteiger partial charge in [0.2, 0.25) is 0 Å². The second-order valence-corrected chi connectivity index (χ2v) is 4.28. The van der Waals surface area contributed by atoms with Crippen molar-refractivity contribution >= 4 is 16.9 Å². The third-order valence-corrected chi connectivity index (χ3v) is 2.86. The molecule has 0 aliphatic carbocycles. The van der Waals surface area contributed by atoms with Gasteiger partial charge in [-0.3, -0.25) is 0 Å². The highest BCUT2D eigenvalue weighted by molar-refractivity contribution is 5.80. The van der Waals surface area contributed by atoms with Gasteiger partial charge in [0, 0.05) is 11.8 Å². The van der Waals surface area contributed by atoms with Crippen LogP contribution in [-0.2, 0) is 6.18 Å². The van der Waals surface area contributed by atoms with Gasteiger partial charge in [-0.15, -0.1) is 0 Å². The van der Waals surface area contributed by atoms with Gasteiger partial charge in [-0.2, -0.15) is 13.2 Å². The van der Waals surface area contributed by atoms with Crippen LogP contribution in [0.3, 0.4) is 0 Å². The molecule has 102 valence electrons. The Morgan fingerprint density at radius 1 is 1.10 bits per heavy atom. The smallest absolute Gasteiger partial charge is 0.384 e. The van der Waals surface area contributed by atoms with Crippen molar-refractivity contribution in [3.63, 3.8) is 0 Å². The van der Waals surface area contributed by atoms with E-state index in [1.165, 1.54) is 12.3 Å². The minimum absolute atomic E-state index is 0.318. The number of alkyl halides is 3. The van der Waals surface area contributed by atoms with E-state index >= 15 is 0 Å². The average Bonchev–Trinajstić information content (AvgIpc) is 2.80. The number of pyridine rings is 1. The molecule has 1 aromatic carbocycles. The number of nitrogens with one attached hydrogen (secondary N) is 1. The molecule has 0 spiro atoms. The molecule has 2 aromatic heterocycles. The minimum Gasteiger partial charge on any atom is -0.384 e. The first-order chi connectivity index (χ1) is 9.43. The summed E-state index contributed by atoms with van der Waals surface area (Å²) in [6.45, 7) is 0. The summed E-state index contributed by atoms with van der Waals surface area (Å²) in [5.74, 6) is 0.771. The van der Waals surface area contributed by atoms with Crippen LogP contribution < -0.4 is 5.73 Å². The van der Waals surface area contributed by atoms with Crippen LogP contribution in [0.4, 0.5) is 19.0 Å². The number of nitrogen functional groups attached to an aromatic ring is 1. The van der Waals surface area contributed by atoms with Crippen LogP contribution in [0.15, 0.2) is 36.5 Å². The van der Waals surface area contributed by atoms with E-state index in [0.717, 1.165) is 12.1 Å². The molecule has 0 saturated heterocycles. The third-order valence-electron chi connectivity index (χ3n) is 2.86. The topological polar surface area (TPSA) is 67.6 Å². The van der Waals surface area contributed by atoms with Crippen LogP contribution >= 0.6 is 0 Å². The lowest BCUT2D eigenvalue weighted by atomic mass is 10.2. The second kappa shape index (κ2) is 4.22. The summed E-state index contributed by atoms with van der Waals surface area (Å²) in [5, 5.41) is 0. The zero-order valence-electron chi connectivity index (χ0n) is 10.1. The maximum atomic E-state index is 12.6. The SMILES string of the molecule is Nc1cc(-c2nc3ccc(C(F)(F)F)cc3[nH]2)ccn1. The normalized spacial score (nSPS) is 11.9. The molecule has 3 N–H and O–H groups in total. The van der Waals surface area contributed by atoms with Crippen LogP contribution in [0.5, 0.6) is 0 Å². The number of aromatic nitrogens is 3. The summed E-state index contributed by atoms with van der Waals surface area (Å²) in [5.41, 5.74) is 6.31. The van der Waals surface area contributed by atoms with Gasteiger partial charge < -0.3 is 10.7 Å². The summed E-state index contributed by atoms with van der Waals surface area (Å²) in [7, 11) is 0. The van der Waals surface area contributed by atoms with E-state index in [1.807, 2.05) is 0 Å². The second-order valence-electron chi connectivity index (χ2n) is 4.28. The number of nitrogens with zero attached hydrogens (tertiary/aromatic N) is 2. The van der Waals surface area contributed by atoms with Crippen LogP contribution in [0.2, 0.25) is 0 Å². The van der Waals surface area contributed by atoms with Gasteiger partial charge in [0.25, 0.3) is 0 Å². The van der Waals surface area contributed by atoms with Crippen LogP contribution in [0.25, 0.3) is 22.4 Å². The predicted octanol–water partition coefficient (Wildman–Crippen LogP) is 3.23. The third kappa shape index (κ3) is 2.18. The Kier molecular flexibility index (Phi) is 2.63. The Bertz CT molecular complexity index is 777. The van der Waals surface area contributed by atoms with Gasteiger partial charge in [-0.05, 0) is 30.3 Å². The maximum absolute atomic E-state index is 12.6. The molecule has 2 heterocycles. The zero-order chi connectivity index (χ0) is 14.3. The Hall–Kier alpha value is -2.57. The van der Waals surface area contributed by atoms with Crippen molar-refractivity contribution < 1.29 is 13.2 Å². The van der Waals surface area contributed by atoms with E-state index in [2.05, 4.69) is 15.0 Å². The Morgan fingerprint density at radius 3 is 2.60 bits per heavy atom. The fourth-order valence-corrected chi connectivity index (χ4v) is 1.92. The number of anilines is 1. The number of hydrogen-bond donors (Lipinski definition) is 2. The van der Waals surface area contributed by atoms with E-state index in [9.17, 15) is 13.2 Å². The van der Waals surface area contributed by atoms with E-state index < -0.39 is 11.7 Å². The number of halogens is 3. The van der Waals surface area contributed by atoms with Crippen LogP contribution in [0.1, 0.15) is 5.56 Å². The van der Waals surface area contributed by atoms with Gasteiger partial charge in [0.05, 0.1) is 16.6 Å². The molecule has 0 unspecified atom stereocenters. The number of imidazole rings is 1. The molecule has 0 amide bonds. The van der Waals surface area contributed by atoms with E-state index in [1.54, 1.807) is 12.1 Å². The lowest BCUT2D eigenvalue weighted by Gasteiger charge is -2.05. The average molecular weight is 278 g/mol. The van der Waals surface area contributed by atoms with Crippen molar-refractivity contribution in [1.29, 1.82) is 0 Å². The number of fused-ring (bicyclic) bond motifs is 1. The van der Waals surface area contributed by atoms with E-state index in [-0.39, 0.29) is 0 Å². The van der Waals surface area contributed by atoms with Crippen molar-refractivity contribution in [3.05, 3.63) is 42.1 Å². The molecule has 4 nitrogen and oxygen atoms in total. The monoisotopic (exact) mass is 278 g/mol. The Morgan fingerprint density at radius 2 is 1.90 bits per heavy atom. The maximum Gasteiger partial charge on any atom is 0.416 e. The van der Waals surface area contributed by atoms with Crippen molar-refractivity contribution in [1.82, 2.24) is 15.0 Å². The number of hydrogen-bond acceptors (Lipinski definition) is 3. The van der Waals surface area contributed by atoms with Crippen molar-refractivity contribution in [2.75, 3.05) is 5.73 Å². The van der Waals surface area contributed by atoms with Gasteiger partial charge in [0.15, 0.2) is 0 Å². The molecule has 0 aliphatic heterocycles. The summed E-state index contributed by atoms with van der Waals surface area (Å²) < 4.78 is 37.9. The van der Waals surface area contributed by atoms with Crippen LogP contribution in [-0.4, -0.2) is 15.0 Å².